The molecule has 2 aliphatic heterocycles. The maximum Gasteiger partial charge on any atom is 0.184 e. The van der Waals surface area contributed by atoms with E-state index in [2.05, 4.69) is 52.0 Å². The van der Waals surface area contributed by atoms with Crippen molar-refractivity contribution in [3.05, 3.63) is 69.8 Å². The van der Waals surface area contributed by atoms with E-state index in [1.165, 1.54) is 22.3 Å². The molecular weight excluding hydrogens is 356 g/mol. The molecule has 2 aliphatic rings. The molecule has 150 valence electrons. The third kappa shape index (κ3) is 3.73. The normalized spacial score (nSPS) is 30.1. The first-order valence-corrected chi connectivity index (χ1v) is 9.79. The van der Waals surface area contributed by atoms with E-state index in [-0.39, 0.29) is 18.8 Å². The van der Waals surface area contributed by atoms with Crippen LogP contribution in [0.3, 0.4) is 0 Å². The maximum atomic E-state index is 9.93. The van der Waals surface area contributed by atoms with Crippen molar-refractivity contribution in [3.63, 3.8) is 0 Å². The van der Waals surface area contributed by atoms with Gasteiger partial charge in [-0.05, 0) is 49.9 Å². The maximum absolute atomic E-state index is 9.93. The smallest absolute Gasteiger partial charge is 0.184 e. The first kappa shape index (κ1) is 19.6. The van der Waals surface area contributed by atoms with E-state index in [4.69, 9.17) is 18.9 Å². The number of fused-ring (bicyclic) bond motifs is 1. The van der Waals surface area contributed by atoms with Crippen LogP contribution in [0.1, 0.15) is 46.0 Å². The van der Waals surface area contributed by atoms with E-state index in [0.29, 0.717) is 6.61 Å². The first-order chi connectivity index (χ1) is 13.5. The standard InChI is InChI=1S/C23H28O5/c1-13-5-7-17(9-15(13)3)22-25-12-20-21(28-22)19(11-24)26-23(27-20)18-8-6-14(2)16(4)10-18/h5-10,19-24H,11-12H2,1-4H3/t19-,20+,21+,22-,23+/m1/s1. The molecule has 1 N–H and O–H groups in total. The Morgan fingerprint density at radius 1 is 0.786 bits per heavy atom. The summed E-state index contributed by atoms with van der Waals surface area (Å²) in [4.78, 5) is 0. The fourth-order valence-electron chi connectivity index (χ4n) is 3.72. The number of rotatable bonds is 3. The summed E-state index contributed by atoms with van der Waals surface area (Å²) in [6, 6.07) is 12.3. The third-order valence-corrected chi connectivity index (χ3v) is 5.81. The summed E-state index contributed by atoms with van der Waals surface area (Å²) in [5, 5.41) is 9.93. The summed E-state index contributed by atoms with van der Waals surface area (Å²) >= 11 is 0. The lowest BCUT2D eigenvalue weighted by molar-refractivity contribution is -0.366. The van der Waals surface area contributed by atoms with E-state index in [1.807, 2.05) is 12.1 Å². The van der Waals surface area contributed by atoms with Crippen LogP contribution in [0.25, 0.3) is 0 Å². The van der Waals surface area contributed by atoms with Crippen LogP contribution in [-0.4, -0.2) is 36.6 Å². The molecule has 2 aromatic carbocycles. The zero-order valence-electron chi connectivity index (χ0n) is 16.8. The van der Waals surface area contributed by atoms with Gasteiger partial charge < -0.3 is 24.1 Å². The highest BCUT2D eigenvalue weighted by molar-refractivity contribution is 5.32. The van der Waals surface area contributed by atoms with Crippen LogP contribution in [0.15, 0.2) is 36.4 Å². The highest BCUT2D eigenvalue weighted by atomic mass is 16.8. The molecule has 0 unspecified atom stereocenters. The van der Waals surface area contributed by atoms with Gasteiger partial charge in [0.2, 0.25) is 0 Å². The molecule has 2 heterocycles. The second kappa shape index (κ2) is 7.93. The molecule has 2 aromatic rings. The van der Waals surface area contributed by atoms with Crippen molar-refractivity contribution in [1.82, 2.24) is 0 Å². The Bertz CT molecular complexity index is 841. The lowest BCUT2D eigenvalue weighted by atomic mass is 10.0. The third-order valence-electron chi connectivity index (χ3n) is 5.81. The van der Waals surface area contributed by atoms with Gasteiger partial charge in [0.25, 0.3) is 0 Å². The number of benzene rings is 2. The topological polar surface area (TPSA) is 57.2 Å². The molecule has 0 spiro atoms. The second-order valence-corrected chi connectivity index (χ2v) is 7.82. The predicted octanol–water partition coefficient (Wildman–Crippen LogP) is 3.81. The van der Waals surface area contributed by atoms with Crippen LogP contribution < -0.4 is 0 Å². The van der Waals surface area contributed by atoms with Crippen molar-refractivity contribution in [2.45, 2.75) is 58.6 Å². The molecule has 2 fully saturated rings. The summed E-state index contributed by atoms with van der Waals surface area (Å²) in [5.41, 5.74) is 6.73. The summed E-state index contributed by atoms with van der Waals surface area (Å²) in [6.45, 7) is 8.55. The Balaban J connectivity index is 1.52. The molecule has 0 aromatic heterocycles. The van der Waals surface area contributed by atoms with E-state index in [9.17, 15) is 5.11 Å². The van der Waals surface area contributed by atoms with E-state index in [1.54, 1.807) is 0 Å². The van der Waals surface area contributed by atoms with Crippen LogP contribution in [0.4, 0.5) is 0 Å². The number of ether oxygens (including phenoxy) is 4. The van der Waals surface area contributed by atoms with Gasteiger partial charge in [-0.3, -0.25) is 0 Å². The van der Waals surface area contributed by atoms with Gasteiger partial charge in [-0.15, -0.1) is 0 Å². The molecule has 4 rings (SSSR count). The Morgan fingerprint density at radius 3 is 1.96 bits per heavy atom. The van der Waals surface area contributed by atoms with Gasteiger partial charge >= 0.3 is 0 Å². The Hall–Kier alpha value is -1.76. The Morgan fingerprint density at radius 2 is 1.39 bits per heavy atom. The van der Waals surface area contributed by atoms with Crippen molar-refractivity contribution in [3.8, 4) is 0 Å². The van der Waals surface area contributed by atoms with E-state index >= 15 is 0 Å². The minimum Gasteiger partial charge on any atom is -0.394 e. The molecule has 28 heavy (non-hydrogen) atoms. The summed E-state index contributed by atoms with van der Waals surface area (Å²) in [6.07, 6.45) is -2.17. The highest BCUT2D eigenvalue weighted by Gasteiger charge is 2.45. The molecule has 0 radical (unpaired) electrons. The molecule has 5 atom stereocenters. The van der Waals surface area contributed by atoms with E-state index < -0.39 is 18.7 Å². The average molecular weight is 384 g/mol. The van der Waals surface area contributed by atoms with Gasteiger partial charge in [0.1, 0.15) is 18.3 Å². The largest absolute Gasteiger partial charge is 0.394 e. The molecular formula is C23H28O5. The number of hydrogen-bond donors (Lipinski definition) is 1. The van der Waals surface area contributed by atoms with Crippen molar-refractivity contribution < 1.29 is 24.1 Å². The molecule has 5 heteroatoms. The minimum atomic E-state index is -0.539. The number of aliphatic hydroxyl groups is 1. The number of aliphatic hydroxyl groups excluding tert-OH is 1. The van der Waals surface area contributed by atoms with Crippen LogP contribution in [0.2, 0.25) is 0 Å². The van der Waals surface area contributed by atoms with Crippen molar-refractivity contribution in [1.29, 1.82) is 0 Å². The van der Waals surface area contributed by atoms with Crippen LogP contribution >= 0.6 is 0 Å². The summed E-state index contributed by atoms with van der Waals surface area (Å²) in [5.74, 6) is 0. The molecule has 2 saturated heterocycles. The lowest BCUT2D eigenvalue weighted by Crippen LogP contribution is -2.55. The fraction of sp³-hybridized carbons (Fsp3) is 0.478. The van der Waals surface area contributed by atoms with Crippen LogP contribution in [0.5, 0.6) is 0 Å². The van der Waals surface area contributed by atoms with Crippen molar-refractivity contribution in [2.75, 3.05) is 13.2 Å². The lowest BCUT2D eigenvalue weighted by Gasteiger charge is -2.45. The van der Waals surface area contributed by atoms with Gasteiger partial charge in [0, 0.05) is 11.1 Å². The Labute approximate surface area is 166 Å². The monoisotopic (exact) mass is 384 g/mol. The van der Waals surface area contributed by atoms with Crippen molar-refractivity contribution in [2.24, 2.45) is 0 Å². The number of hydrogen-bond acceptors (Lipinski definition) is 5. The average Bonchev–Trinajstić information content (AvgIpc) is 2.70. The van der Waals surface area contributed by atoms with Crippen LogP contribution in [0, 0.1) is 27.7 Å². The summed E-state index contributed by atoms with van der Waals surface area (Å²) in [7, 11) is 0. The molecule has 0 amide bonds. The SMILES string of the molecule is Cc1ccc([C@@H]2OC[C@@H]3O[C@@H](c4ccc(C)c(C)c4)O[C@H](CO)[C@@H]3O2)cc1C. The molecule has 0 saturated carbocycles. The predicted molar refractivity (Wildman–Crippen MR) is 105 cm³/mol. The van der Waals surface area contributed by atoms with Crippen molar-refractivity contribution >= 4 is 0 Å². The van der Waals surface area contributed by atoms with Gasteiger partial charge in [0.15, 0.2) is 12.6 Å². The van der Waals surface area contributed by atoms with Gasteiger partial charge in [-0.1, -0.05) is 36.4 Å². The second-order valence-electron chi connectivity index (χ2n) is 7.82. The fourth-order valence-corrected chi connectivity index (χ4v) is 3.72. The Kier molecular flexibility index (Phi) is 5.54. The van der Waals surface area contributed by atoms with Crippen LogP contribution in [-0.2, 0) is 18.9 Å². The number of aryl methyl sites for hydroxylation is 4. The van der Waals surface area contributed by atoms with E-state index in [0.717, 1.165) is 11.1 Å². The highest BCUT2D eigenvalue weighted by Crippen LogP contribution is 2.38. The quantitative estimate of drug-likeness (QED) is 0.872. The van der Waals surface area contributed by atoms with Gasteiger partial charge in [-0.2, -0.15) is 0 Å². The van der Waals surface area contributed by atoms with Gasteiger partial charge in [0.05, 0.1) is 13.2 Å². The first-order valence-electron chi connectivity index (χ1n) is 9.79. The molecule has 0 aliphatic carbocycles. The zero-order valence-corrected chi connectivity index (χ0v) is 16.8. The minimum absolute atomic E-state index is 0.133. The van der Waals surface area contributed by atoms with Gasteiger partial charge in [-0.25, -0.2) is 0 Å². The molecule has 0 bridgehead atoms. The molecule has 5 nitrogen and oxygen atoms in total. The summed E-state index contributed by atoms with van der Waals surface area (Å²) < 4.78 is 24.3. The zero-order chi connectivity index (χ0) is 19.8.